The first kappa shape index (κ1) is 13.1. The third-order valence-electron chi connectivity index (χ3n) is 3.09. The molecule has 0 fully saturated rings. The lowest BCUT2D eigenvalue weighted by atomic mass is 10.0. The molecule has 98 valence electrons. The minimum absolute atomic E-state index is 0.689. The maximum Gasteiger partial charge on any atom is 0.0912 e. The standard InChI is InChI=1S/C16H17NO2/c1-11-7-9-13(10-8-11)15(16(18)19)17-14-6-4-3-5-12(14)2/h3-10,15,17H,1-2H3,(H,18,19)/p-1/t15-/m0/s1. The molecular weight excluding hydrogens is 238 g/mol. The van der Waals surface area contributed by atoms with Gasteiger partial charge in [0.05, 0.1) is 12.0 Å². The number of rotatable bonds is 4. The number of hydrogen-bond donors (Lipinski definition) is 1. The van der Waals surface area contributed by atoms with Gasteiger partial charge in [0, 0.05) is 5.69 Å². The zero-order chi connectivity index (χ0) is 13.8. The predicted octanol–water partition coefficient (Wildman–Crippen LogP) is 2.21. The van der Waals surface area contributed by atoms with Crippen molar-refractivity contribution in [3.05, 3.63) is 65.2 Å². The highest BCUT2D eigenvalue weighted by atomic mass is 16.4. The number of anilines is 1. The van der Waals surface area contributed by atoms with E-state index in [4.69, 9.17) is 0 Å². The van der Waals surface area contributed by atoms with E-state index in [1.165, 1.54) is 0 Å². The van der Waals surface area contributed by atoms with Crippen molar-refractivity contribution in [2.45, 2.75) is 19.9 Å². The molecule has 0 aliphatic carbocycles. The molecule has 0 bridgehead atoms. The Kier molecular flexibility index (Phi) is 3.85. The van der Waals surface area contributed by atoms with E-state index in [-0.39, 0.29) is 0 Å². The third kappa shape index (κ3) is 3.13. The quantitative estimate of drug-likeness (QED) is 0.910. The van der Waals surface area contributed by atoms with Gasteiger partial charge in [0.2, 0.25) is 0 Å². The van der Waals surface area contributed by atoms with Gasteiger partial charge in [0.15, 0.2) is 0 Å². The van der Waals surface area contributed by atoms with Crippen LogP contribution in [0.2, 0.25) is 0 Å². The van der Waals surface area contributed by atoms with E-state index in [1.807, 2.05) is 50.2 Å². The normalized spacial score (nSPS) is 11.9. The van der Waals surface area contributed by atoms with Crippen LogP contribution in [0, 0.1) is 13.8 Å². The zero-order valence-corrected chi connectivity index (χ0v) is 11.0. The lowest BCUT2D eigenvalue weighted by Crippen LogP contribution is -2.34. The Labute approximate surface area is 112 Å². The Hall–Kier alpha value is -2.29. The smallest absolute Gasteiger partial charge is 0.0912 e. The van der Waals surface area contributed by atoms with Crippen LogP contribution in [-0.2, 0) is 4.79 Å². The fourth-order valence-electron chi connectivity index (χ4n) is 1.93. The molecule has 0 aliphatic heterocycles. The summed E-state index contributed by atoms with van der Waals surface area (Å²) in [5.41, 5.74) is 3.59. The number of carboxylic acid groups (broad SMARTS) is 1. The van der Waals surface area contributed by atoms with Crippen molar-refractivity contribution in [2.75, 3.05) is 5.32 Å². The SMILES string of the molecule is Cc1ccc([C@H](Nc2ccccc2C)C(=O)[O-])cc1. The number of carboxylic acids is 1. The van der Waals surface area contributed by atoms with Crippen LogP contribution in [0.4, 0.5) is 5.69 Å². The van der Waals surface area contributed by atoms with Crippen molar-refractivity contribution in [2.24, 2.45) is 0 Å². The number of para-hydroxylation sites is 1. The average molecular weight is 254 g/mol. The highest BCUT2D eigenvalue weighted by Gasteiger charge is 2.13. The molecule has 0 saturated carbocycles. The average Bonchev–Trinajstić information content (AvgIpc) is 2.39. The predicted molar refractivity (Wildman–Crippen MR) is 73.7 cm³/mol. The molecule has 2 rings (SSSR count). The Morgan fingerprint density at radius 3 is 2.26 bits per heavy atom. The van der Waals surface area contributed by atoms with Crippen molar-refractivity contribution in [3.8, 4) is 0 Å². The lowest BCUT2D eigenvalue weighted by molar-refractivity contribution is -0.307. The Bertz CT molecular complexity index is 576. The monoisotopic (exact) mass is 254 g/mol. The van der Waals surface area contributed by atoms with Gasteiger partial charge in [-0.3, -0.25) is 0 Å². The molecule has 3 nitrogen and oxygen atoms in total. The van der Waals surface area contributed by atoms with Crippen LogP contribution in [0.5, 0.6) is 0 Å². The molecule has 19 heavy (non-hydrogen) atoms. The lowest BCUT2D eigenvalue weighted by Gasteiger charge is -2.22. The van der Waals surface area contributed by atoms with Crippen LogP contribution < -0.4 is 10.4 Å². The first-order valence-corrected chi connectivity index (χ1v) is 6.17. The first-order chi connectivity index (χ1) is 9.08. The second-order valence-electron chi connectivity index (χ2n) is 4.62. The summed E-state index contributed by atoms with van der Waals surface area (Å²) in [7, 11) is 0. The molecule has 0 heterocycles. The van der Waals surface area contributed by atoms with Crippen LogP contribution in [0.1, 0.15) is 22.7 Å². The molecule has 0 amide bonds. The molecule has 0 spiro atoms. The van der Waals surface area contributed by atoms with E-state index in [2.05, 4.69) is 5.32 Å². The van der Waals surface area contributed by atoms with Crippen molar-refractivity contribution in [3.63, 3.8) is 0 Å². The Morgan fingerprint density at radius 1 is 1.05 bits per heavy atom. The van der Waals surface area contributed by atoms with Gasteiger partial charge in [-0.05, 0) is 31.0 Å². The molecule has 0 saturated heterocycles. The van der Waals surface area contributed by atoms with Crippen molar-refractivity contribution >= 4 is 11.7 Å². The van der Waals surface area contributed by atoms with E-state index < -0.39 is 12.0 Å². The van der Waals surface area contributed by atoms with Gasteiger partial charge < -0.3 is 15.2 Å². The van der Waals surface area contributed by atoms with Crippen LogP contribution in [-0.4, -0.2) is 5.97 Å². The van der Waals surface area contributed by atoms with Gasteiger partial charge in [-0.2, -0.15) is 0 Å². The molecule has 0 unspecified atom stereocenters. The molecule has 2 aromatic carbocycles. The number of nitrogens with one attached hydrogen (secondary N) is 1. The molecule has 1 atom stereocenters. The third-order valence-corrected chi connectivity index (χ3v) is 3.09. The van der Waals surface area contributed by atoms with Gasteiger partial charge in [-0.25, -0.2) is 0 Å². The fourth-order valence-corrected chi connectivity index (χ4v) is 1.93. The summed E-state index contributed by atoms with van der Waals surface area (Å²) in [5.74, 6) is -1.13. The van der Waals surface area contributed by atoms with E-state index in [0.717, 1.165) is 16.8 Å². The minimum Gasteiger partial charge on any atom is -0.548 e. The molecule has 2 aromatic rings. The maximum absolute atomic E-state index is 11.3. The number of carbonyl (C=O) groups excluding carboxylic acids is 1. The first-order valence-electron chi connectivity index (χ1n) is 6.17. The van der Waals surface area contributed by atoms with Gasteiger partial charge in [-0.1, -0.05) is 48.0 Å². The van der Waals surface area contributed by atoms with Crippen LogP contribution >= 0.6 is 0 Å². The molecular formula is C16H16NO2-. The van der Waals surface area contributed by atoms with Crippen molar-refractivity contribution < 1.29 is 9.90 Å². The molecule has 0 aliphatic rings. The summed E-state index contributed by atoms with van der Waals surface area (Å²) in [6.07, 6.45) is 0. The maximum atomic E-state index is 11.3. The number of aryl methyl sites for hydroxylation is 2. The summed E-state index contributed by atoms with van der Waals surface area (Å²) in [6.45, 7) is 3.90. The number of benzene rings is 2. The summed E-state index contributed by atoms with van der Waals surface area (Å²) < 4.78 is 0. The highest BCUT2D eigenvalue weighted by Crippen LogP contribution is 2.22. The van der Waals surface area contributed by atoms with E-state index in [9.17, 15) is 9.90 Å². The summed E-state index contributed by atoms with van der Waals surface area (Å²) in [6, 6.07) is 14.1. The van der Waals surface area contributed by atoms with Crippen LogP contribution in [0.25, 0.3) is 0 Å². The zero-order valence-electron chi connectivity index (χ0n) is 11.0. The topological polar surface area (TPSA) is 52.2 Å². The number of carbonyl (C=O) groups is 1. The van der Waals surface area contributed by atoms with E-state index >= 15 is 0 Å². The highest BCUT2D eigenvalue weighted by molar-refractivity contribution is 5.78. The van der Waals surface area contributed by atoms with Crippen molar-refractivity contribution in [1.82, 2.24) is 0 Å². The Morgan fingerprint density at radius 2 is 1.68 bits per heavy atom. The summed E-state index contributed by atoms with van der Waals surface area (Å²) >= 11 is 0. The minimum atomic E-state index is -1.13. The second-order valence-corrected chi connectivity index (χ2v) is 4.62. The summed E-state index contributed by atoms with van der Waals surface area (Å²) in [5, 5.41) is 14.3. The number of hydrogen-bond acceptors (Lipinski definition) is 3. The van der Waals surface area contributed by atoms with Crippen LogP contribution in [0.3, 0.4) is 0 Å². The van der Waals surface area contributed by atoms with E-state index in [0.29, 0.717) is 5.56 Å². The van der Waals surface area contributed by atoms with Gasteiger partial charge in [0.25, 0.3) is 0 Å². The van der Waals surface area contributed by atoms with Gasteiger partial charge >= 0.3 is 0 Å². The summed E-state index contributed by atoms with van der Waals surface area (Å²) in [4.78, 5) is 11.3. The van der Waals surface area contributed by atoms with Gasteiger partial charge in [0.1, 0.15) is 0 Å². The van der Waals surface area contributed by atoms with Crippen LogP contribution in [0.15, 0.2) is 48.5 Å². The molecule has 1 N–H and O–H groups in total. The molecule has 0 aromatic heterocycles. The van der Waals surface area contributed by atoms with Gasteiger partial charge in [-0.15, -0.1) is 0 Å². The molecule has 3 heteroatoms. The molecule has 0 radical (unpaired) electrons. The fraction of sp³-hybridized carbons (Fsp3) is 0.188. The Balaban J connectivity index is 2.29. The second kappa shape index (κ2) is 5.57. The van der Waals surface area contributed by atoms with E-state index in [1.54, 1.807) is 12.1 Å². The largest absolute Gasteiger partial charge is 0.548 e. The van der Waals surface area contributed by atoms with Crippen molar-refractivity contribution in [1.29, 1.82) is 0 Å². The number of aliphatic carboxylic acids is 1.